The molecule has 4 unspecified atom stereocenters. The standard InChI is InChI=1S/C25H30N2O11/c1-11-9-27(24(31)26-21(11)29)22-20-18(37-25(3,4)38-20)15(36-22)10-35-23(30)13-8-14(32-5)17(33-6)19(34-7)16(13)12(2)28/h8-9,15,18,20,22H,10H2,1-7H3,(H,26,29,31). The molecule has 2 aliphatic rings. The predicted octanol–water partition coefficient (Wildman–Crippen LogP) is 1.35. The number of carbonyl (C=O) groups is 2. The average molecular weight is 535 g/mol. The number of benzene rings is 1. The molecule has 0 amide bonds. The van der Waals surface area contributed by atoms with Crippen LogP contribution in [0.4, 0.5) is 0 Å². The number of hydrogen-bond acceptors (Lipinski definition) is 11. The molecule has 0 spiro atoms. The van der Waals surface area contributed by atoms with Gasteiger partial charge in [-0.2, -0.15) is 0 Å². The lowest BCUT2D eigenvalue weighted by Gasteiger charge is -2.25. The Balaban J connectivity index is 1.63. The van der Waals surface area contributed by atoms with Crippen molar-refractivity contribution in [2.45, 2.75) is 58.0 Å². The Morgan fingerprint density at radius 3 is 2.32 bits per heavy atom. The maximum atomic E-state index is 13.2. The summed E-state index contributed by atoms with van der Waals surface area (Å²) in [7, 11) is 4.10. The van der Waals surface area contributed by atoms with E-state index in [9.17, 15) is 19.2 Å². The van der Waals surface area contributed by atoms with Crippen LogP contribution in [-0.4, -0.2) is 73.3 Å². The second-order valence-corrected chi connectivity index (χ2v) is 9.33. The van der Waals surface area contributed by atoms with Crippen molar-refractivity contribution < 1.29 is 42.7 Å². The average Bonchev–Trinajstić information content (AvgIpc) is 3.35. The van der Waals surface area contributed by atoms with Gasteiger partial charge in [-0.25, -0.2) is 9.59 Å². The number of hydrogen-bond donors (Lipinski definition) is 1. The SMILES string of the molecule is COc1cc(C(=O)OCC2OC(n3cc(C)c(=O)[nH]c3=O)C3OC(C)(C)OC23)c(C(C)=O)c(OC)c1OC. The van der Waals surface area contributed by atoms with Crippen molar-refractivity contribution in [1.82, 2.24) is 9.55 Å². The highest BCUT2D eigenvalue weighted by atomic mass is 16.8. The van der Waals surface area contributed by atoms with Crippen LogP contribution in [0.2, 0.25) is 0 Å². The third-order valence-electron chi connectivity index (χ3n) is 6.33. The zero-order valence-electron chi connectivity index (χ0n) is 22.1. The van der Waals surface area contributed by atoms with Crippen LogP contribution in [0.1, 0.15) is 53.3 Å². The first kappa shape index (κ1) is 27.4. The zero-order valence-corrected chi connectivity index (χ0v) is 22.1. The molecule has 13 heteroatoms. The molecule has 0 bridgehead atoms. The van der Waals surface area contributed by atoms with Crippen LogP contribution in [-0.2, 0) is 18.9 Å². The number of carbonyl (C=O) groups excluding carboxylic acids is 2. The summed E-state index contributed by atoms with van der Waals surface area (Å²) in [5.41, 5.74) is -1.01. The van der Waals surface area contributed by atoms with Crippen molar-refractivity contribution in [3.63, 3.8) is 0 Å². The van der Waals surface area contributed by atoms with Gasteiger partial charge < -0.3 is 33.2 Å². The molecule has 206 valence electrons. The van der Waals surface area contributed by atoms with Crippen LogP contribution in [0, 0.1) is 6.92 Å². The van der Waals surface area contributed by atoms with E-state index < -0.39 is 53.3 Å². The number of ether oxygens (including phenoxy) is 7. The summed E-state index contributed by atoms with van der Waals surface area (Å²) in [6.07, 6.45) is -1.85. The number of Topliss-reactive ketones (excluding diaryl/α,β-unsaturated/α-hetero) is 1. The molecule has 3 heterocycles. The number of fused-ring (bicyclic) bond motifs is 1. The highest BCUT2D eigenvalue weighted by Gasteiger charge is 2.56. The molecule has 0 saturated carbocycles. The number of aryl methyl sites for hydroxylation is 1. The van der Waals surface area contributed by atoms with Crippen molar-refractivity contribution in [2.75, 3.05) is 27.9 Å². The van der Waals surface area contributed by atoms with Gasteiger partial charge in [-0.1, -0.05) is 0 Å². The van der Waals surface area contributed by atoms with E-state index in [-0.39, 0.29) is 35.0 Å². The minimum absolute atomic E-state index is 0.0323. The third kappa shape index (κ3) is 4.79. The largest absolute Gasteiger partial charge is 0.493 e. The number of H-pyrrole nitrogens is 1. The number of aromatic amines is 1. The fourth-order valence-electron chi connectivity index (χ4n) is 4.69. The third-order valence-corrected chi connectivity index (χ3v) is 6.33. The van der Waals surface area contributed by atoms with Crippen molar-refractivity contribution in [1.29, 1.82) is 0 Å². The van der Waals surface area contributed by atoms with E-state index in [4.69, 9.17) is 33.2 Å². The molecule has 1 aromatic heterocycles. The summed E-state index contributed by atoms with van der Waals surface area (Å²) in [6.45, 7) is 5.97. The van der Waals surface area contributed by atoms with Crippen LogP contribution >= 0.6 is 0 Å². The minimum Gasteiger partial charge on any atom is -0.493 e. The fraction of sp³-hybridized carbons (Fsp3) is 0.520. The van der Waals surface area contributed by atoms with Gasteiger partial charge in [0.25, 0.3) is 5.56 Å². The maximum absolute atomic E-state index is 13.2. The smallest absolute Gasteiger partial charge is 0.339 e. The lowest BCUT2D eigenvalue weighted by molar-refractivity contribution is -0.200. The Bertz CT molecular complexity index is 1380. The quantitative estimate of drug-likeness (QED) is 0.386. The van der Waals surface area contributed by atoms with E-state index in [0.717, 1.165) is 0 Å². The molecule has 4 rings (SSSR count). The summed E-state index contributed by atoms with van der Waals surface area (Å²) >= 11 is 0. The van der Waals surface area contributed by atoms with Crippen molar-refractivity contribution in [3.8, 4) is 17.2 Å². The summed E-state index contributed by atoms with van der Waals surface area (Å²) < 4.78 is 40.8. The Morgan fingerprint density at radius 1 is 1.05 bits per heavy atom. The van der Waals surface area contributed by atoms with Crippen LogP contribution in [0.5, 0.6) is 17.2 Å². The predicted molar refractivity (Wildman–Crippen MR) is 130 cm³/mol. The number of esters is 1. The summed E-state index contributed by atoms with van der Waals surface area (Å²) in [6, 6.07) is 1.34. The zero-order chi connectivity index (χ0) is 27.9. The first-order chi connectivity index (χ1) is 17.9. The van der Waals surface area contributed by atoms with Crippen molar-refractivity contribution in [3.05, 3.63) is 49.8 Å². The number of nitrogens with zero attached hydrogens (tertiary/aromatic N) is 1. The lowest BCUT2D eigenvalue weighted by atomic mass is 10.0. The summed E-state index contributed by atoms with van der Waals surface area (Å²) in [5.74, 6) is -1.94. The molecule has 2 aromatic rings. The first-order valence-corrected chi connectivity index (χ1v) is 11.8. The topological polar surface area (TPSA) is 154 Å². The number of methoxy groups -OCH3 is 3. The van der Waals surface area contributed by atoms with E-state index in [2.05, 4.69) is 4.98 Å². The minimum atomic E-state index is -1.00. The Hall–Kier alpha value is -3.68. The fourth-order valence-corrected chi connectivity index (χ4v) is 4.69. The van der Waals surface area contributed by atoms with E-state index >= 15 is 0 Å². The van der Waals surface area contributed by atoms with E-state index in [1.54, 1.807) is 20.8 Å². The van der Waals surface area contributed by atoms with Gasteiger partial charge in [-0.3, -0.25) is 19.1 Å². The van der Waals surface area contributed by atoms with E-state index in [1.165, 1.54) is 45.1 Å². The molecule has 1 N–H and O–H groups in total. The summed E-state index contributed by atoms with van der Waals surface area (Å²) in [4.78, 5) is 52.3. The molecule has 2 saturated heterocycles. The molecule has 0 aliphatic carbocycles. The van der Waals surface area contributed by atoms with Crippen molar-refractivity contribution >= 4 is 11.8 Å². The Kier molecular flexibility index (Phi) is 7.37. The van der Waals surface area contributed by atoms with Crippen LogP contribution in [0.25, 0.3) is 0 Å². The second-order valence-electron chi connectivity index (χ2n) is 9.33. The van der Waals surface area contributed by atoms with Gasteiger partial charge in [0.15, 0.2) is 29.3 Å². The monoisotopic (exact) mass is 534 g/mol. The second kappa shape index (κ2) is 10.2. The first-order valence-electron chi connectivity index (χ1n) is 11.8. The van der Waals surface area contributed by atoms with Gasteiger partial charge in [0.2, 0.25) is 5.75 Å². The van der Waals surface area contributed by atoms with E-state index in [1.807, 2.05) is 0 Å². The van der Waals surface area contributed by atoms with Gasteiger partial charge in [0.1, 0.15) is 24.9 Å². The molecular weight excluding hydrogens is 504 g/mol. The molecular formula is C25H30N2O11. The maximum Gasteiger partial charge on any atom is 0.339 e. The van der Waals surface area contributed by atoms with Gasteiger partial charge in [0.05, 0.1) is 32.5 Å². The Morgan fingerprint density at radius 2 is 1.71 bits per heavy atom. The number of ketones is 1. The van der Waals surface area contributed by atoms with Crippen LogP contribution < -0.4 is 25.5 Å². The lowest BCUT2D eigenvalue weighted by Crippen LogP contribution is -2.38. The van der Waals surface area contributed by atoms with Crippen molar-refractivity contribution in [2.24, 2.45) is 0 Å². The Labute approximate surface area is 217 Å². The molecule has 38 heavy (non-hydrogen) atoms. The molecule has 2 fully saturated rings. The molecule has 1 aromatic carbocycles. The highest BCUT2D eigenvalue weighted by Crippen LogP contribution is 2.44. The normalized spacial score (nSPS) is 23.6. The van der Waals surface area contributed by atoms with E-state index in [0.29, 0.717) is 5.56 Å². The highest BCUT2D eigenvalue weighted by molar-refractivity contribution is 6.08. The van der Waals surface area contributed by atoms with Gasteiger partial charge in [-0.05, 0) is 33.8 Å². The van der Waals surface area contributed by atoms with Crippen LogP contribution in [0.3, 0.4) is 0 Å². The molecule has 0 radical (unpaired) electrons. The van der Waals surface area contributed by atoms with Gasteiger partial charge in [0, 0.05) is 11.8 Å². The summed E-state index contributed by atoms with van der Waals surface area (Å²) in [5, 5.41) is 0. The van der Waals surface area contributed by atoms with Gasteiger partial charge >= 0.3 is 11.7 Å². The molecule has 13 nitrogen and oxygen atoms in total. The van der Waals surface area contributed by atoms with Crippen LogP contribution in [0.15, 0.2) is 21.9 Å². The number of aromatic nitrogens is 2. The molecule has 4 atom stereocenters. The molecule has 2 aliphatic heterocycles. The number of nitrogens with one attached hydrogen (secondary N) is 1. The van der Waals surface area contributed by atoms with Gasteiger partial charge in [-0.15, -0.1) is 0 Å². The number of rotatable bonds is 8.